The van der Waals surface area contributed by atoms with Gasteiger partial charge in [0.1, 0.15) is 6.07 Å². The number of fused-ring (bicyclic) bond motifs is 1. The maximum atomic E-state index is 9.61. The largest absolute Gasteiger partial charge is 0.322 e. The molecule has 1 aromatic carbocycles. The highest BCUT2D eigenvalue weighted by molar-refractivity contribution is 5.65. The molecular formula is C22H24N4. The highest BCUT2D eigenvalue weighted by Crippen LogP contribution is 2.20. The van der Waals surface area contributed by atoms with E-state index in [0.29, 0.717) is 0 Å². The maximum Gasteiger partial charge on any atom is 0.102 e. The Morgan fingerprint density at radius 1 is 0.846 bits per heavy atom. The summed E-state index contributed by atoms with van der Waals surface area (Å²) in [6.07, 6.45) is 5.30. The van der Waals surface area contributed by atoms with Gasteiger partial charge in [-0.1, -0.05) is 36.4 Å². The van der Waals surface area contributed by atoms with Crippen LogP contribution in [0.4, 0.5) is 0 Å². The van der Waals surface area contributed by atoms with Gasteiger partial charge in [0.2, 0.25) is 0 Å². The lowest BCUT2D eigenvalue weighted by molar-refractivity contribution is 0.247. The van der Waals surface area contributed by atoms with Crippen LogP contribution in [0.2, 0.25) is 0 Å². The van der Waals surface area contributed by atoms with Crippen LogP contribution in [0.5, 0.6) is 0 Å². The summed E-state index contributed by atoms with van der Waals surface area (Å²) in [5.41, 5.74) is 4.34. The minimum Gasteiger partial charge on any atom is -0.322 e. The second kappa shape index (κ2) is 7.74. The number of nitrogens with zero attached hydrogens (tertiary/aromatic N) is 4. The monoisotopic (exact) mass is 344 g/mol. The van der Waals surface area contributed by atoms with Crippen LogP contribution in [0.1, 0.15) is 23.1 Å². The highest BCUT2D eigenvalue weighted by Gasteiger charge is 2.18. The van der Waals surface area contributed by atoms with Gasteiger partial charge in [-0.3, -0.25) is 9.80 Å². The lowest BCUT2D eigenvalue weighted by Crippen LogP contribution is -2.30. The van der Waals surface area contributed by atoms with E-state index in [2.05, 4.69) is 56.8 Å². The van der Waals surface area contributed by atoms with Crippen LogP contribution in [0.15, 0.2) is 60.9 Å². The smallest absolute Gasteiger partial charge is 0.102 e. The quantitative estimate of drug-likeness (QED) is 0.726. The lowest BCUT2D eigenvalue weighted by Gasteiger charge is -2.21. The Balaban J connectivity index is 1.43. The Morgan fingerprint density at radius 3 is 2.35 bits per heavy atom. The zero-order valence-electron chi connectivity index (χ0n) is 15.0. The molecule has 0 saturated carbocycles. The van der Waals surface area contributed by atoms with E-state index in [0.717, 1.165) is 55.9 Å². The summed E-state index contributed by atoms with van der Waals surface area (Å²) in [5, 5.41) is 9.61. The summed E-state index contributed by atoms with van der Waals surface area (Å²) >= 11 is 0. The van der Waals surface area contributed by atoms with Gasteiger partial charge in [0.05, 0.1) is 11.1 Å². The van der Waals surface area contributed by atoms with Crippen LogP contribution in [-0.2, 0) is 13.1 Å². The molecule has 3 heterocycles. The average Bonchev–Trinajstić information content (AvgIpc) is 2.88. The molecular weight excluding hydrogens is 320 g/mol. The number of nitriles is 1. The zero-order valence-corrected chi connectivity index (χ0v) is 15.0. The van der Waals surface area contributed by atoms with Gasteiger partial charge < -0.3 is 4.40 Å². The van der Waals surface area contributed by atoms with Crippen molar-refractivity contribution in [3.8, 4) is 6.07 Å². The molecule has 2 aromatic heterocycles. The van der Waals surface area contributed by atoms with Crippen molar-refractivity contribution in [2.24, 2.45) is 0 Å². The molecule has 1 saturated heterocycles. The fourth-order valence-electron chi connectivity index (χ4n) is 3.85. The molecule has 26 heavy (non-hydrogen) atoms. The van der Waals surface area contributed by atoms with Crippen molar-refractivity contribution in [3.63, 3.8) is 0 Å². The summed E-state index contributed by atoms with van der Waals surface area (Å²) in [5.74, 6) is 0. The van der Waals surface area contributed by atoms with E-state index < -0.39 is 0 Å². The van der Waals surface area contributed by atoms with Gasteiger partial charge in [0.25, 0.3) is 0 Å². The van der Waals surface area contributed by atoms with Crippen LogP contribution in [-0.4, -0.2) is 40.4 Å². The summed E-state index contributed by atoms with van der Waals surface area (Å²) in [4.78, 5) is 5.03. The van der Waals surface area contributed by atoms with E-state index >= 15 is 0 Å². The van der Waals surface area contributed by atoms with Crippen molar-refractivity contribution in [1.29, 1.82) is 5.26 Å². The van der Waals surface area contributed by atoms with E-state index in [9.17, 15) is 5.26 Å². The van der Waals surface area contributed by atoms with Crippen molar-refractivity contribution < 1.29 is 0 Å². The third-order valence-corrected chi connectivity index (χ3v) is 5.20. The normalized spacial score (nSPS) is 16.4. The van der Waals surface area contributed by atoms with E-state index in [1.165, 1.54) is 12.0 Å². The molecule has 0 atom stereocenters. The minimum atomic E-state index is 0.816. The van der Waals surface area contributed by atoms with Crippen LogP contribution >= 0.6 is 0 Å². The molecule has 4 nitrogen and oxygen atoms in total. The van der Waals surface area contributed by atoms with Gasteiger partial charge in [-0.2, -0.15) is 5.26 Å². The van der Waals surface area contributed by atoms with Gasteiger partial charge in [-0.05, 0) is 37.2 Å². The van der Waals surface area contributed by atoms with E-state index in [1.807, 2.05) is 24.4 Å². The van der Waals surface area contributed by atoms with Crippen molar-refractivity contribution >= 4 is 5.52 Å². The third-order valence-electron chi connectivity index (χ3n) is 5.20. The van der Waals surface area contributed by atoms with Crippen molar-refractivity contribution in [2.75, 3.05) is 26.2 Å². The van der Waals surface area contributed by atoms with Crippen LogP contribution < -0.4 is 0 Å². The number of rotatable bonds is 4. The molecule has 3 aromatic rings. The van der Waals surface area contributed by atoms with E-state index in [1.54, 1.807) is 0 Å². The fourth-order valence-corrected chi connectivity index (χ4v) is 3.85. The third kappa shape index (κ3) is 3.65. The zero-order chi connectivity index (χ0) is 17.8. The van der Waals surface area contributed by atoms with Gasteiger partial charge in [-0.15, -0.1) is 0 Å². The molecule has 0 spiro atoms. The predicted octanol–water partition coefficient (Wildman–Crippen LogP) is 3.52. The summed E-state index contributed by atoms with van der Waals surface area (Å²) in [7, 11) is 0. The van der Waals surface area contributed by atoms with Gasteiger partial charge in [0.15, 0.2) is 0 Å². The molecule has 4 heteroatoms. The Kier molecular flexibility index (Phi) is 5.01. The number of hydrogen-bond acceptors (Lipinski definition) is 3. The molecule has 0 radical (unpaired) electrons. The highest BCUT2D eigenvalue weighted by atomic mass is 15.2. The Labute approximate surface area is 154 Å². The first-order chi connectivity index (χ1) is 12.8. The van der Waals surface area contributed by atoms with Crippen molar-refractivity contribution in [3.05, 3.63) is 77.6 Å². The molecule has 0 N–H and O–H groups in total. The topological polar surface area (TPSA) is 34.7 Å². The van der Waals surface area contributed by atoms with Gasteiger partial charge in [-0.25, -0.2) is 0 Å². The maximum absolute atomic E-state index is 9.61. The summed E-state index contributed by atoms with van der Waals surface area (Å²) in [6.45, 7) is 6.21. The minimum absolute atomic E-state index is 0.816. The van der Waals surface area contributed by atoms with E-state index in [-0.39, 0.29) is 0 Å². The average molecular weight is 344 g/mol. The first-order valence-electron chi connectivity index (χ1n) is 9.31. The first kappa shape index (κ1) is 16.8. The Morgan fingerprint density at radius 2 is 1.58 bits per heavy atom. The molecule has 0 aliphatic carbocycles. The number of pyridine rings is 1. The van der Waals surface area contributed by atoms with E-state index in [4.69, 9.17) is 0 Å². The second-order valence-corrected chi connectivity index (χ2v) is 7.03. The number of benzene rings is 1. The molecule has 0 bridgehead atoms. The molecule has 4 rings (SSSR count). The number of hydrogen-bond donors (Lipinski definition) is 0. The second-order valence-electron chi connectivity index (χ2n) is 7.03. The molecule has 1 fully saturated rings. The Hall–Kier alpha value is -2.61. The van der Waals surface area contributed by atoms with Gasteiger partial charge in [0, 0.05) is 44.1 Å². The van der Waals surface area contributed by atoms with Crippen LogP contribution in [0, 0.1) is 11.3 Å². The SMILES string of the molecule is N#Cc1c(CN2CCCN(Cc3ccccc3)CC2)cn2ccccc12. The predicted molar refractivity (Wildman–Crippen MR) is 104 cm³/mol. The fraction of sp³-hybridized carbons (Fsp3) is 0.318. The van der Waals surface area contributed by atoms with Crippen LogP contribution in [0.25, 0.3) is 5.52 Å². The van der Waals surface area contributed by atoms with Gasteiger partial charge >= 0.3 is 0 Å². The number of aromatic nitrogens is 1. The van der Waals surface area contributed by atoms with Crippen LogP contribution in [0.3, 0.4) is 0 Å². The summed E-state index contributed by atoms with van der Waals surface area (Å²) < 4.78 is 2.06. The standard InChI is InChI=1S/C22H24N4/c23-15-21-20(18-26-12-5-4-9-22(21)26)17-25-11-6-10-24(13-14-25)16-19-7-2-1-3-8-19/h1-5,7-9,12,18H,6,10-11,13-14,16-17H2. The first-order valence-corrected chi connectivity index (χ1v) is 9.31. The molecule has 132 valence electrons. The van der Waals surface area contributed by atoms with Crippen molar-refractivity contribution in [1.82, 2.24) is 14.2 Å². The molecule has 1 aliphatic rings. The molecule has 0 amide bonds. The Bertz CT molecular complexity index is 907. The summed E-state index contributed by atoms with van der Waals surface area (Å²) in [6, 6.07) is 19.1. The lowest BCUT2D eigenvalue weighted by atomic mass is 10.1. The molecule has 1 aliphatic heterocycles. The molecule has 0 unspecified atom stereocenters. The van der Waals surface area contributed by atoms with Crippen molar-refractivity contribution in [2.45, 2.75) is 19.5 Å².